The van der Waals surface area contributed by atoms with Crippen LogP contribution >= 0.6 is 11.6 Å². The standard InChI is InChI=1S/C14H18ClN5O4/c1-3-5-19-9-10(15)17-13(16)18-11(9)20(14(19)22)12-8(4-6-23-12)24-7(2)21/h8,12H,3-6H2,1-2H3,(H2,16,17,18). The van der Waals surface area contributed by atoms with E-state index in [4.69, 9.17) is 26.8 Å². The van der Waals surface area contributed by atoms with Crippen molar-refractivity contribution in [1.29, 1.82) is 0 Å². The fourth-order valence-corrected chi connectivity index (χ4v) is 3.21. The van der Waals surface area contributed by atoms with Crippen LogP contribution < -0.4 is 11.4 Å². The van der Waals surface area contributed by atoms with Crippen LogP contribution in [0.1, 0.15) is 32.9 Å². The van der Waals surface area contributed by atoms with Crippen LogP contribution in [0.3, 0.4) is 0 Å². The molecule has 9 nitrogen and oxygen atoms in total. The Balaban J connectivity index is 2.22. The molecule has 0 spiro atoms. The quantitative estimate of drug-likeness (QED) is 0.644. The van der Waals surface area contributed by atoms with Crippen LogP contribution in [-0.2, 0) is 20.8 Å². The number of carbonyl (C=O) groups excluding carboxylic acids is 1. The van der Waals surface area contributed by atoms with E-state index in [9.17, 15) is 9.59 Å². The van der Waals surface area contributed by atoms with Crippen molar-refractivity contribution in [3.63, 3.8) is 0 Å². The smallest absolute Gasteiger partial charge is 0.332 e. The lowest BCUT2D eigenvalue weighted by Gasteiger charge is -2.19. The molecule has 130 valence electrons. The van der Waals surface area contributed by atoms with E-state index in [0.29, 0.717) is 25.1 Å². The highest BCUT2D eigenvalue weighted by Gasteiger charge is 2.36. The van der Waals surface area contributed by atoms with Gasteiger partial charge in [-0.1, -0.05) is 18.5 Å². The number of aryl methyl sites for hydroxylation is 1. The Labute approximate surface area is 142 Å². The largest absolute Gasteiger partial charge is 0.458 e. The fraction of sp³-hybridized carbons (Fsp3) is 0.571. The molecule has 2 aromatic rings. The van der Waals surface area contributed by atoms with Gasteiger partial charge in [0.1, 0.15) is 11.6 Å². The molecule has 0 radical (unpaired) electrons. The first-order chi connectivity index (χ1) is 11.4. The zero-order chi connectivity index (χ0) is 17.4. The third kappa shape index (κ3) is 2.73. The van der Waals surface area contributed by atoms with Crippen molar-refractivity contribution in [3.05, 3.63) is 15.6 Å². The van der Waals surface area contributed by atoms with Crippen molar-refractivity contribution in [1.82, 2.24) is 19.1 Å². The van der Waals surface area contributed by atoms with Crippen LogP contribution in [0.4, 0.5) is 5.95 Å². The molecule has 24 heavy (non-hydrogen) atoms. The van der Waals surface area contributed by atoms with E-state index in [1.165, 1.54) is 16.1 Å². The highest BCUT2D eigenvalue weighted by molar-refractivity contribution is 6.33. The van der Waals surface area contributed by atoms with Gasteiger partial charge in [0.15, 0.2) is 17.0 Å². The number of ether oxygens (including phenoxy) is 2. The molecule has 1 fully saturated rings. The monoisotopic (exact) mass is 355 g/mol. The number of nitrogens with zero attached hydrogens (tertiary/aromatic N) is 4. The summed E-state index contributed by atoms with van der Waals surface area (Å²) in [6, 6.07) is 0. The van der Waals surface area contributed by atoms with Crippen LogP contribution in [0.2, 0.25) is 5.15 Å². The van der Waals surface area contributed by atoms with Crippen LogP contribution in [0.25, 0.3) is 11.2 Å². The number of hydrogen-bond donors (Lipinski definition) is 1. The molecule has 2 N–H and O–H groups in total. The van der Waals surface area contributed by atoms with Crippen molar-refractivity contribution in [2.24, 2.45) is 0 Å². The van der Waals surface area contributed by atoms with Gasteiger partial charge < -0.3 is 15.2 Å². The summed E-state index contributed by atoms with van der Waals surface area (Å²) >= 11 is 6.19. The number of carbonyl (C=O) groups is 1. The Morgan fingerprint density at radius 1 is 1.50 bits per heavy atom. The zero-order valence-corrected chi connectivity index (χ0v) is 14.1. The molecular weight excluding hydrogens is 338 g/mol. The lowest BCUT2D eigenvalue weighted by molar-refractivity contribution is -0.151. The average Bonchev–Trinajstić information content (AvgIpc) is 3.02. The maximum atomic E-state index is 12.9. The maximum absolute atomic E-state index is 12.9. The fourth-order valence-electron chi connectivity index (χ4n) is 2.93. The van der Waals surface area contributed by atoms with Gasteiger partial charge in [-0.2, -0.15) is 9.97 Å². The van der Waals surface area contributed by atoms with E-state index in [2.05, 4.69) is 9.97 Å². The van der Waals surface area contributed by atoms with Gasteiger partial charge in [0, 0.05) is 19.9 Å². The summed E-state index contributed by atoms with van der Waals surface area (Å²) in [4.78, 5) is 32.3. The van der Waals surface area contributed by atoms with Gasteiger partial charge in [-0.05, 0) is 6.42 Å². The molecular formula is C14H18ClN5O4. The van der Waals surface area contributed by atoms with E-state index in [1.54, 1.807) is 0 Å². The second-order valence-corrected chi connectivity index (χ2v) is 5.90. The van der Waals surface area contributed by atoms with Crippen molar-refractivity contribution < 1.29 is 14.3 Å². The Morgan fingerprint density at radius 2 is 2.25 bits per heavy atom. The van der Waals surface area contributed by atoms with Crippen LogP contribution in [0.5, 0.6) is 0 Å². The second-order valence-electron chi connectivity index (χ2n) is 5.55. The lowest BCUT2D eigenvalue weighted by atomic mass is 10.2. The minimum Gasteiger partial charge on any atom is -0.458 e. The van der Waals surface area contributed by atoms with Crippen LogP contribution in [0.15, 0.2) is 4.79 Å². The highest BCUT2D eigenvalue weighted by Crippen LogP contribution is 2.30. The first kappa shape index (κ1) is 16.7. The summed E-state index contributed by atoms with van der Waals surface area (Å²) in [6.07, 6.45) is -0.132. The summed E-state index contributed by atoms with van der Waals surface area (Å²) in [5.41, 5.74) is 6.01. The molecule has 3 rings (SSSR count). The Morgan fingerprint density at radius 3 is 2.92 bits per heavy atom. The third-order valence-electron chi connectivity index (χ3n) is 3.80. The summed E-state index contributed by atoms with van der Waals surface area (Å²) in [7, 11) is 0. The van der Waals surface area contributed by atoms with Gasteiger partial charge in [-0.3, -0.25) is 9.36 Å². The van der Waals surface area contributed by atoms with Gasteiger partial charge in [0.2, 0.25) is 5.95 Å². The Hall–Kier alpha value is -2.13. The number of anilines is 1. The van der Waals surface area contributed by atoms with Crippen molar-refractivity contribution in [2.45, 2.75) is 45.6 Å². The minimum atomic E-state index is -0.771. The first-order valence-corrected chi connectivity index (χ1v) is 8.04. The molecule has 2 atom stereocenters. The normalized spacial score (nSPS) is 20.6. The molecule has 3 heterocycles. The number of rotatable bonds is 4. The maximum Gasteiger partial charge on any atom is 0.332 e. The van der Waals surface area contributed by atoms with Crippen molar-refractivity contribution in [2.75, 3.05) is 12.3 Å². The first-order valence-electron chi connectivity index (χ1n) is 7.66. The molecule has 0 saturated carbocycles. The molecule has 2 unspecified atom stereocenters. The number of nitrogen functional groups attached to an aromatic ring is 1. The van der Waals surface area contributed by atoms with Crippen LogP contribution in [-0.4, -0.2) is 37.8 Å². The zero-order valence-electron chi connectivity index (χ0n) is 13.4. The number of esters is 1. The summed E-state index contributed by atoms with van der Waals surface area (Å²) in [6.45, 7) is 4.06. The molecule has 1 aliphatic heterocycles. The number of halogens is 1. The molecule has 0 aromatic carbocycles. The molecule has 2 aromatic heterocycles. The second kappa shape index (κ2) is 6.40. The van der Waals surface area contributed by atoms with E-state index in [1.807, 2.05) is 6.92 Å². The van der Waals surface area contributed by atoms with E-state index < -0.39 is 18.3 Å². The number of hydrogen-bond acceptors (Lipinski definition) is 7. The lowest BCUT2D eigenvalue weighted by Crippen LogP contribution is -2.33. The third-order valence-corrected chi connectivity index (χ3v) is 4.07. The molecule has 1 saturated heterocycles. The molecule has 0 amide bonds. The average molecular weight is 356 g/mol. The molecule has 10 heteroatoms. The predicted molar refractivity (Wildman–Crippen MR) is 86.7 cm³/mol. The Bertz CT molecular complexity index is 846. The number of imidazole rings is 1. The number of aromatic nitrogens is 4. The SMILES string of the molecule is CCCn1c(=O)n(C2OCCC2OC(C)=O)c2nc(N)nc(Cl)c21. The van der Waals surface area contributed by atoms with E-state index in [0.717, 1.165) is 6.42 Å². The molecule has 0 bridgehead atoms. The van der Waals surface area contributed by atoms with Crippen LogP contribution in [0, 0.1) is 0 Å². The Kier molecular flexibility index (Phi) is 4.46. The molecule has 1 aliphatic rings. The number of nitrogens with two attached hydrogens (primary N) is 1. The van der Waals surface area contributed by atoms with Gasteiger partial charge >= 0.3 is 11.7 Å². The van der Waals surface area contributed by atoms with Gasteiger partial charge in [0.05, 0.1) is 6.61 Å². The van der Waals surface area contributed by atoms with E-state index >= 15 is 0 Å². The number of fused-ring (bicyclic) bond motifs is 1. The summed E-state index contributed by atoms with van der Waals surface area (Å²) in [5.74, 6) is -0.482. The summed E-state index contributed by atoms with van der Waals surface area (Å²) < 4.78 is 13.7. The van der Waals surface area contributed by atoms with Gasteiger partial charge in [-0.15, -0.1) is 0 Å². The van der Waals surface area contributed by atoms with Gasteiger partial charge in [0.25, 0.3) is 0 Å². The van der Waals surface area contributed by atoms with Gasteiger partial charge in [-0.25, -0.2) is 9.36 Å². The topological polar surface area (TPSA) is 114 Å². The minimum absolute atomic E-state index is 0.0445. The van der Waals surface area contributed by atoms with Crippen molar-refractivity contribution in [3.8, 4) is 0 Å². The van der Waals surface area contributed by atoms with Crippen molar-refractivity contribution >= 4 is 34.7 Å². The molecule has 0 aliphatic carbocycles. The predicted octanol–water partition coefficient (Wildman–Crippen LogP) is 1.09. The summed E-state index contributed by atoms with van der Waals surface area (Å²) in [5, 5.41) is 0.101. The highest BCUT2D eigenvalue weighted by atomic mass is 35.5. The van der Waals surface area contributed by atoms with E-state index in [-0.39, 0.29) is 22.4 Å².